The number of anilines is 1. The summed E-state index contributed by atoms with van der Waals surface area (Å²) < 4.78 is 0.799. The number of amides is 1. The second-order valence-corrected chi connectivity index (χ2v) is 5.26. The molecule has 0 saturated heterocycles. The first-order valence-corrected chi connectivity index (χ1v) is 5.71. The highest BCUT2D eigenvalue weighted by molar-refractivity contribution is 9.10. The summed E-state index contributed by atoms with van der Waals surface area (Å²) in [7, 11) is 0. The van der Waals surface area contributed by atoms with Gasteiger partial charge in [0, 0.05) is 27.8 Å². The number of primary amides is 1. The number of nitrogens with two attached hydrogens (primary N) is 2. The highest BCUT2D eigenvalue weighted by Gasteiger charge is 2.11. The van der Waals surface area contributed by atoms with Crippen LogP contribution < -0.4 is 16.8 Å². The Balaban J connectivity index is 2.80. The average Bonchev–Trinajstić information content (AvgIpc) is 2.14. The van der Waals surface area contributed by atoms with Crippen molar-refractivity contribution < 1.29 is 4.79 Å². The van der Waals surface area contributed by atoms with Crippen LogP contribution in [0.4, 0.5) is 5.69 Å². The largest absolute Gasteiger partial charge is 0.382 e. The van der Waals surface area contributed by atoms with Crippen LogP contribution in [0.25, 0.3) is 0 Å². The van der Waals surface area contributed by atoms with Crippen LogP contribution in [0.1, 0.15) is 24.2 Å². The molecule has 1 rings (SSSR count). The van der Waals surface area contributed by atoms with Gasteiger partial charge in [-0.3, -0.25) is 4.79 Å². The van der Waals surface area contributed by atoms with E-state index in [4.69, 9.17) is 11.5 Å². The van der Waals surface area contributed by atoms with Gasteiger partial charge in [0.2, 0.25) is 5.91 Å². The molecule has 1 amide bonds. The molecule has 0 fully saturated rings. The number of carbonyl (C=O) groups is 1. The fourth-order valence-electron chi connectivity index (χ4n) is 1.13. The van der Waals surface area contributed by atoms with Crippen LogP contribution in [-0.4, -0.2) is 18.0 Å². The second-order valence-electron chi connectivity index (χ2n) is 4.40. The van der Waals surface area contributed by atoms with Gasteiger partial charge in [0.1, 0.15) is 0 Å². The standard InChI is InChI=1S/C11H16BrN3O/c1-11(2,14)6-15-9-4-3-7(10(13)16)5-8(9)12/h3-5,15H,6,14H2,1-2H3,(H2,13,16). The molecule has 0 aliphatic heterocycles. The Morgan fingerprint density at radius 1 is 1.50 bits per heavy atom. The zero-order valence-corrected chi connectivity index (χ0v) is 11.0. The number of nitrogens with one attached hydrogen (secondary N) is 1. The summed E-state index contributed by atoms with van der Waals surface area (Å²) in [6.07, 6.45) is 0. The number of carbonyl (C=O) groups excluding carboxylic acids is 1. The Kier molecular flexibility index (Phi) is 3.93. The first-order valence-electron chi connectivity index (χ1n) is 4.92. The van der Waals surface area contributed by atoms with E-state index in [1.165, 1.54) is 0 Å². The van der Waals surface area contributed by atoms with Crippen LogP contribution in [0, 0.1) is 0 Å². The number of rotatable bonds is 4. The third-order valence-corrected chi connectivity index (χ3v) is 2.64. The summed E-state index contributed by atoms with van der Waals surface area (Å²) in [6.45, 7) is 4.51. The van der Waals surface area contributed by atoms with Crippen molar-refractivity contribution >= 4 is 27.5 Å². The Labute approximate surface area is 104 Å². The lowest BCUT2D eigenvalue weighted by atomic mass is 10.1. The van der Waals surface area contributed by atoms with E-state index in [9.17, 15) is 4.79 Å². The van der Waals surface area contributed by atoms with Gasteiger partial charge in [-0.05, 0) is 48.0 Å². The molecule has 5 heteroatoms. The van der Waals surface area contributed by atoms with Gasteiger partial charge in [-0.1, -0.05) is 0 Å². The van der Waals surface area contributed by atoms with Crippen LogP contribution in [0.5, 0.6) is 0 Å². The summed E-state index contributed by atoms with van der Waals surface area (Å²) in [5.41, 5.74) is 12.1. The van der Waals surface area contributed by atoms with Crippen LogP contribution in [0.15, 0.2) is 22.7 Å². The molecule has 5 N–H and O–H groups in total. The quantitative estimate of drug-likeness (QED) is 0.788. The predicted molar refractivity (Wildman–Crippen MR) is 69.4 cm³/mol. The second kappa shape index (κ2) is 4.84. The van der Waals surface area contributed by atoms with Crippen LogP contribution in [-0.2, 0) is 0 Å². The third-order valence-electron chi connectivity index (χ3n) is 1.99. The molecular formula is C11H16BrN3O. The van der Waals surface area contributed by atoms with E-state index in [-0.39, 0.29) is 5.54 Å². The third kappa shape index (κ3) is 3.83. The van der Waals surface area contributed by atoms with Gasteiger partial charge in [0.05, 0.1) is 0 Å². The predicted octanol–water partition coefficient (Wildman–Crippen LogP) is 1.70. The fourth-order valence-corrected chi connectivity index (χ4v) is 1.65. The Morgan fingerprint density at radius 3 is 2.56 bits per heavy atom. The molecule has 1 aromatic carbocycles. The smallest absolute Gasteiger partial charge is 0.248 e. The van der Waals surface area contributed by atoms with Crippen LogP contribution in [0.3, 0.4) is 0 Å². The zero-order valence-electron chi connectivity index (χ0n) is 9.38. The summed E-state index contributed by atoms with van der Waals surface area (Å²) >= 11 is 3.37. The SMILES string of the molecule is CC(C)(N)CNc1ccc(C(N)=O)cc1Br. The van der Waals surface area contributed by atoms with Gasteiger partial charge >= 0.3 is 0 Å². The van der Waals surface area contributed by atoms with Crippen molar-refractivity contribution in [2.45, 2.75) is 19.4 Å². The van der Waals surface area contributed by atoms with Gasteiger partial charge in [0.25, 0.3) is 0 Å². The summed E-state index contributed by atoms with van der Waals surface area (Å²) in [4.78, 5) is 10.9. The minimum Gasteiger partial charge on any atom is -0.382 e. The maximum atomic E-state index is 10.9. The van der Waals surface area contributed by atoms with Gasteiger partial charge in [-0.2, -0.15) is 0 Å². The monoisotopic (exact) mass is 285 g/mol. The van der Waals surface area contributed by atoms with Crippen molar-refractivity contribution in [2.24, 2.45) is 11.5 Å². The normalized spacial score (nSPS) is 11.2. The minimum absolute atomic E-state index is 0.290. The molecule has 0 saturated carbocycles. The number of benzene rings is 1. The summed E-state index contributed by atoms with van der Waals surface area (Å²) in [6, 6.07) is 5.17. The highest BCUT2D eigenvalue weighted by atomic mass is 79.9. The van der Waals surface area contributed by atoms with E-state index in [2.05, 4.69) is 21.2 Å². The molecule has 0 aliphatic rings. The van der Waals surface area contributed by atoms with Gasteiger partial charge in [-0.25, -0.2) is 0 Å². The average molecular weight is 286 g/mol. The maximum absolute atomic E-state index is 10.9. The van der Waals surface area contributed by atoms with Crippen molar-refractivity contribution in [1.82, 2.24) is 0 Å². The zero-order chi connectivity index (χ0) is 12.3. The van der Waals surface area contributed by atoms with Gasteiger partial charge < -0.3 is 16.8 Å². The van der Waals surface area contributed by atoms with Crippen molar-refractivity contribution in [3.63, 3.8) is 0 Å². The van der Waals surface area contributed by atoms with Gasteiger partial charge in [-0.15, -0.1) is 0 Å². The highest BCUT2D eigenvalue weighted by Crippen LogP contribution is 2.23. The first-order chi connectivity index (χ1) is 7.29. The maximum Gasteiger partial charge on any atom is 0.248 e. The van der Waals surface area contributed by atoms with Crippen molar-refractivity contribution in [3.05, 3.63) is 28.2 Å². The minimum atomic E-state index is -0.439. The van der Waals surface area contributed by atoms with E-state index in [0.717, 1.165) is 10.2 Å². The molecule has 88 valence electrons. The van der Waals surface area contributed by atoms with E-state index < -0.39 is 5.91 Å². The molecule has 0 bridgehead atoms. The number of halogens is 1. The fraction of sp³-hybridized carbons (Fsp3) is 0.364. The van der Waals surface area contributed by atoms with E-state index >= 15 is 0 Å². The topological polar surface area (TPSA) is 81.1 Å². The molecule has 0 heterocycles. The van der Waals surface area contributed by atoms with Crippen molar-refractivity contribution in [1.29, 1.82) is 0 Å². The molecule has 1 aromatic rings. The van der Waals surface area contributed by atoms with Crippen LogP contribution >= 0.6 is 15.9 Å². The lowest BCUT2D eigenvalue weighted by molar-refractivity contribution is 0.100. The van der Waals surface area contributed by atoms with Crippen molar-refractivity contribution in [2.75, 3.05) is 11.9 Å². The lowest BCUT2D eigenvalue weighted by Gasteiger charge is -2.20. The molecular weight excluding hydrogens is 270 g/mol. The first kappa shape index (κ1) is 13.0. The summed E-state index contributed by atoms with van der Waals surface area (Å²) in [5, 5.41) is 3.20. The molecule has 16 heavy (non-hydrogen) atoms. The van der Waals surface area contributed by atoms with Crippen molar-refractivity contribution in [3.8, 4) is 0 Å². The molecule has 0 aromatic heterocycles. The molecule has 0 aliphatic carbocycles. The number of hydrogen-bond donors (Lipinski definition) is 3. The van der Waals surface area contributed by atoms with E-state index in [1.807, 2.05) is 13.8 Å². The Morgan fingerprint density at radius 2 is 2.12 bits per heavy atom. The van der Waals surface area contributed by atoms with Crippen LogP contribution in [0.2, 0.25) is 0 Å². The molecule has 0 spiro atoms. The van der Waals surface area contributed by atoms with E-state index in [1.54, 1.807) is 18.2 Å². The molecule has 0 unspecified atom stereocenters. The lowest BCUT2D eigenvalue weighted by Crippen LogP contribution is -2.39. The molecule has 4 nitrogen and oxygen atoms in total. The summed E-state index contributed by atoms with van der Waals surface area (Å²) in [5.74, 6) is -0.439. The van der Waals surface area contributed by atoms with E-state index in [0.29, 0.717) is 12.1 Å². The van der Waals surface area contributed by atoms with Gasteiger partial charge in [0.15, 0.2) is 0 Å². The molecule has 0 radical (unpaired) electrons. The molecule has 0 atom stereocenters. The Hall–Kier alpha value is -1.07. The Bertz CT molecular complexity index is 399. The number of hydrogen-bond acceptors (Lipinski definition) is 3.